The molecular weight excluding hydrogens is 534 g/mol. The fraction of sp³-hybridized carbons (Fsp3) is 0.483. The third-order valence-corrected chi connectivity index (χ3v) is 11.9. The number of methoxy groups -OCH3 is 1. The Bertz CT molecular complexity index is 1190. The second-order valence-electron chi connectivity index (χ2n) is 11.3. The van der Waals surface area contributed by atoms with E-state index in [-0.39, 0.29) is 23.5 Å². The quantitative estimate of drug-likeness (QED) is 0.228. The zero-order valence-corrected chi connectivity index (χ0v) is 26.0. The number of nitrogens with one attached hydrogen (secondary N) is 1. The first kappa shape index (κ1) is 32.3. The van der Waals surface area contributed by atoms with E-state index in [4.69, 9.17) is 20.8 Å². The van der Waals surface area contributed by atoms with E-state index in [1.807, 2.05) is 25.4 Å². The summed E-state index contributed by atoms with van der Waals surface area (Å²) in [6, 6.07) is 5.87. The maximum absolute atomic E-state index is 12.7. The number of aryl methyl sites for hydroxylation is 1. The molecule has 0 bridgehead atoms. The van der Waals surface area contributed by atoms with E-state index < -0.39 is 26.2 Å². The minimum absolute atomic E-state index is 0.0236. The third kappa shape index (κ3) is 9.98. The van der Waals surface area contributed by atoms with Crippen LogP contribution >= 0.6 is 11.6 Å². The largest absolute Gasteiger partial charge is 0.495 e. The molecule has 0 saturated heterocycles. The molecule has 10 heteroatoms. The van der Waals surface area contributed by atoms with E-state index in [0.29, 0.717) is 22.8 Å². The van der Waals surface area contributed by atoms with Crippen LogP contribution in [-0.4, -0.2) is 54.3 Å². The van der Waals surface area contributed by atoms with Gasteiger partial charge in [-0.25, -0.2) is 4.79 Å². The Morgan fingerprint density at radius 2 is 1.95 bits per heavy atom. The molecule has 8 nitrogen and oxygen atoms in total. The molecule has 214 valence electrons. The Balaban J connectivity index is 2.11. The molecule has 1 amide bonds. The van der Waals surface area contributed by atoms with Gasteiger partial charge < -0.3 is 19.6 Å². The van der Waals surface area contributed by atoms with Gasteiger partial charge in [0.05, 0.1) is 23.9 Å². The maximum Gasteiger partial charge on any atom is 0.326 e. The lowest BCUT2D eigenvalue weighted by Gasteiger charge is -2.40. The van der Waals surface area contributed by atoms with E-state index >= 15 is 0 Å². The molecule has 0 saturated carbocycles. The van der Waals surface area contributed by atoms with Crippen LogP contribution in [0.1, 0.15) is 45.4 Å². The first-order chi connectivity index (χ1) is 18.1. The van der Waals surface area contributed by atoms with Crippen molar-refractivity contribution < 1.29 is 23.9 Å². The van der Waals surface area contributed by atoms with Gasteiger partial charge in [0.1, 0.15) is 11.8 Å². The molecule has 3 atom stereocenters. The second-order valence-corrected chi connectivity index (χ2v) is 16.4. The van der Waals surface area contributed by atoms with Crippen molar-refractivity contribution in [2.75, 3.05) is 7.11 Å². The van der Waals surface area contributed by atoms with Crippen LogP contribution < -0.4 is 10.1 Å². The molecule has 0 aliphatic heterocycles. The first-order valence-corrected chi connectivity index (χ1v) is 16.3. The predicted octanol–water partition coefficient (Wildman–Crippen LogP) is 5.88. The number of carbonyl (C=O) groups excluding carboxylic acids is 1. The minimum atomic E-state index is -2.09. The van der Waals surface area contributed by atoms with Crippen molar-refractivity contribution in [3.05, 3.63) is 65.0 Å². The molecule has 1 aromatic heterocycles. The number of aromatic nitrogens is 2. The summed E-state index contributed by atoms with van der Waals surface area (Å²) in [5.41, 5.74) is 1.54. The fourth-order valence-electron chi connectivity index (χ4n) is 3.62. The average molecular weight is 576 g/mol. The Morgan fingerprint density at radius 3 is 2.49 bits per heavy atom. The van der Waals surface area contributed by atoms with Gasteiger partial charge in [-0.1, -0.05) is 57.5 Å². The molecule has 2 aromatic rings. The summed E-state index contributed by atoms with van der Waals surface area (Å²) in [5.74, 6) is -1.06. The van der Waals surface area contributed by atoms with Crippen molar-refractivity contribution in [3.8, 4) is 5.75 Å². The van der Waals surface area contributed by atoms with E-state index in [0.717, 1.165) is 5.69 Å². The van der Waals surface area contributed by atoms with Crippen molar-refractivity contribution >= 4 is 37.9 Å². The van der Waals surface area contributed by atoms with Crippen LogP contribution in [0.5, 0.6) is 5.75 Å². The fourth-order valence-corrected chi connectivity index (χ4v) is 5.32. The lowest BCUT2D eigenvalue weighted by molar-refractivity contribution is -0.141. The summed E-state index contributed by atoms with van der Waals surface area (Å²) in [6.45, 7) is 13.1. The molecule has 0 fully saturated rings. The highest BCUT2D eigenvalue weighted by Gasteiger charge is 2.39. The molecule has 0 aliphatic rings. The summed E-state index contributed by atoms with van der Waals surface area (Å²) in [4.78, 5) is 24.5. The number of hydrogen-bond donors (Lipinski definition) is 2. The molecule has 3 unspecified atom stereocenters. The molecule has 0 spiro atoms. The van der Waals surface area contributed by atoms with Crippen molar-refractivity contribution in [1.29, 1.82) is 0 Å². The highest BCUT2D eigenvalue weighted by atomic mass is 35.5. The van der Waals surface area contributed by atoms with Gasteiger partial charge in [0.15, 0.2) is 8.32 Å². The summed E-state index contributed by atoms with van der Waals surface area (Å²) >= 11 is 6.16. The lowest BCUT2D eigenvalue weighted by Crippen LogP contribution is -2.45. The predicted molar refractivity (Wildman–Crippen MR) is 159 cm³/mol. The van der Waals surface area contributed by atoms with Crippen LogP contribution in [0.3, 0.4) is 0 Å². The smallest absolute Gasteiger partial charge is 0.326 e. The van der Waals surface area contributed by atoms with Crippen molar-refractivity contribution in [3.63, 3.8) is 0 Å². The SMILES string of the molecule is COc1ccc(CC(NC(=O)/C=C/CC(O[Si](C)(C)C(C)(C)C)C(C)/C=C/c2ccn(C)n2)C(=O)O)cc1Cl. The number of nitrogens with zero attached hydrogens (tertiary/aromatic N) is 2. The van der Waals surface area contributed by atoms with Gasteiger partial charge in [-0.05, 0) is 66.4 Å². The van der Waals surface area contributed by atoms with Crippen LogP contribution in [0.25, 0.3) is 6.08 Å². The summed E-state index contributed by atoms with van der Waals surface area (Å²) in [7, 11) is 1.29. The van der Waals surface area contributed by atoms with Gasteiger partial charge in [0, 0.05) is 19.7 Å². The topological polar surface area (TPSA) is 103 Å². The normalized spacial score (nSPS) is 14.9. The van der Waals surface area contributed by atoms with Crippen LogP contribution in [0.4, 0.5) is 0 Å². The number of carboxylic acids is 1. The number of carbonyl (C=O) groups is 2. The molecule has 2 rings (SSSR count). The molecule has 1 aromatic carbocycles. The summed E-state index contributed by atoms with van der Waals surface area (Å²) < 4.78 is 13.6. The number of amides is 1. The zero-order valence-electron chi connectivity index (χ0n) is 24.2. The van der Waals surface area contributed by atoms with Crippen LogP contribution in [0, 0.1) is 5.92 Å². The van der Waals surface area contributed by atoms with E-state index in [1.54, 1.807) is 29.0 Å². The van der Waals surface area contributed by atoms with Gasteiger partial charge in [0.2, 0.25) is 5.91 Å². The zero-order chi connectivity index (χ0) is 29.4. The van der Waals surface area contributed by atoms with Gasteiger partial charge >= 0.3 is 5.97 Å². The molecular formula is C29H42ClN3O5Si. The Kier molecular flexibility index (Phi) is 11.6. The Hall–Kier alpha value is -2.88. The standard InChI is InChI=1S/C29H42ClN3O5Si/c1-20(12-14-22-16-17-33(5)32-22)25(38-39(7,8)29(2,3)4)10-9-11-27(34)31-24(28(35)36)19-21-13-15-26(37-6)23(30)18-21/h9,11-18,20,24-25H,10,19H2,1-8H3,(H,31,34)(H,35,36)/b11-9+,14-12+. The highest BCUT2D eigenvalue weighted by Crippen LogP contribution is 2.38. The van der Waals surface area contributed by atoms with E-state index in [1.165, 1.54) is 13.2 Å². The van der Waals surface area contributed by atoms with Crippen LogP contribution in [0.15, 0.2) is 48.7 Å². The molecule has 0 radical (unpaired) electrons. The average Bonchev–Trinajstić information content (AvgIpc) is 3.25. The highest BCUT2D eigenvalue weighted by molar-refractivity contribution is 6.74. The third-order valence-electron chi connectivity index (χ3n) is 7.05. The Morgan fingerprint density at radius 1 is 1.26 bits per heavy atom. The summed E-state index contributed by atoms with van der Waals surface area (Å²) in [5, 5.41) is 17.1. The molecule has 1 heterocycles. The number of rotatable bonds is 13. The maximum atomic E-state index is 12.7. The molecule has 39 heavy (non-hydrogen) atoms. The summed E-state index contributed by atoms with van der Waals surface area (Å²) in [6.07, 6.45) is 9.51. The molecule has 0 aliphatic carbocycles. The number of carboxylic acid groups (broad SMARTS) is 1. The van der Waals surface area contributed by atoms with Crippen molar-refractivity contribution in [2.24, 2.45) is 13.0 Å². The van der Waals surface area contributed by atoms with Gasteiger partial charge in [-0.15, -0.1) is 0 Å². The van der Waals surface area contributed by atoms with Gasteiger partial charge in [-0.3, -0.25) is 9.48 Å². The van der Waals surface area contributed by atoms with Crippen molar-refractivity contribution in [1.82, 2.24) is 15.1 Å². The number of aliphatic carboxylic acids is 1. The van der Waals surface area contributed by atoms with Crippen molar-refractivity contribution in [2.45, 2.75) is 70.8 Å². The van der Waals surface area contributed by atoms with Gasteiger partial charge in [0.25, 0.3) is 0 Å². The molecule has 2 N–H and O–H groups in total. The van der Waals surface area contributed by atoms with Crippen LogP contribution in [-0.2, 0) is 27.5 Å². The number of hydrogen-bond acceptors (Lipinski definition) is 5. The second kappa shape index (κ2) is 14.0. The minimum Gasteiger partial charge on any atom is -0.495 e. The number of halogens is 1. The van der Waals surface area contributed by atoms with Gasteiger partial charge in [-0.2, -0.15) is 5.10 Å². The monoisotopic (exact) mass is 575 g/mol. The first-order valence-electron chi connectivity index (χ1n) is 13.0. The lowest BCUT2D eigenvalue weighted by atomic mass is 10.0. The number of benzene rings is 1. The van der Waals surface area contributed by atoms with E-state index in [2.05, 4.69) is 57.3 Å². The number of ether oxygens (including phenoxy) is 1. The Labute approximate surface area is 238 Å². The van der Waals surface area contributed by atoms with Crippen LogP contribution in [0.2, 0.25) is 23.2 Å². The van der Waals surface area contributed by atoms with E-state index in [9.17, 15) is 14.7 Å².